The zero-order valence-corrected chi connectivity index (χ0v) is 14.2. The van der Waals surface area contributed by atoms with Crippen molar-refractivity contribution in [1.29, 1.82) is 0 Å². The largest absolute Gasteiger partial charge is 0.370 e. The van der Waals surface area contributed by atoms with E-state index in [1.165, 1.54) is 11.8 Å². The van der Waals surface area contributed by atoms with Gasteiger partial charge in [-0.1, -0.05) is 18.7 Å². The first-order valence-corrected chi connectivity index (χ1v) is 8.28. The van der Waals surface area contributed by atoms with Crippen LogP contribution in [0.1, 0.15) is 27.2 Å². The van der Waals surface area contributed by atoms with Crippen LogP contribution in [0.3, 0.4) is 0 Å². The van der Waals surface area contributed by atoms with Gasteiger partial charge in [0.1, 0.15) is 11.6 Å². The minimum absolute atomic E-state index is 0.00141. The Bertz CT molecular complexity index is 478. The molecule has 1 amide bonds. The van der Waals surface area contributed by atoms with E-state index in [-0.39, 0.29) is 5.91 Å². The normalized spacial score (nSPS) is 11.1. The maximum atomic E-state index is 11.8. The molecule has 6 nitrogen and oxygen atoms in total. The fourth-order valence-electron chi connectivity index (χ4n) is 1.68. The number of carbonyl (C=O) groups is 1. The Balaban J connectivity index is 2.80. The molecule has 0 aliphatic rings. The molecule has 0 aliphatic heterocycles. The zero-order valence-electron chi connectivity index (χ0n) is 13.4. The van der Waals surface area contributed by atoms with E-state index in [1.807, 2.05) is 26.2 Å². The van der Waals surface area contributed by atoms with Crippen molar-refractivity contribution < 1.29 is 4.79 Å². The lowest BCUT2D eigenvalue weighted by Gasteiger charge is -2.23. The van der Waals surface area contributed by atoms with E-state index in [4.69, 9.17) is 0 Å². The van der Waals surface area contributed by atoms with Crippen molar-refractivity contribution in [3.63, 3.8) is 0 Å². The van der Waals surface area contributed by atoms with Gasteiger partial charge < -0.3 is 16.0 Å². The molecule has 1 heterocycles. The van der Waals surface area contributed by atoms with Crippen LogP contribution in [0.5, 0.6) is 0 Å². The van der Waals surface area contributed by atoms with Gasteiger partial charge in [0.15, 0.2) is 5.16 Å². The van der Waals surface area contributed by atoms with E-state index in [0.717, 1.165) is 24.6 Å². The van der Waals surface area contributed by atoms with E-state index in [1.54, 1.807) is 7.05 Å². The quantitative estimate of drug-likeness (QED) is 0.504. The Morgan fingerprint density at radius 1 is 1.29 bits per heavy atom. The number of hydrogen-bond acceptors (Lipinski definition) is 6. The fraction of sp³-hybridized carbons (Fsp3) is 0.643. The zero-order chi connectivity index (χ0) is 15.9. The molecule has 0 aromatic carbocycles. The highest BCUT2D eigenvalue weighted by atomic mass is 32.2. The minimum atomic E-state index is -0.504. The highest BCUT2D eigenvalue weighted by Gasteiger charge is 2.26. The topological polar surface area (TPSA) is 78.9 Å². The monoisotopic (exact) mass is 311 g/mol. The maximum Gasteiger partial charge on any atom is 0.227 e. The number of nitrogens with zero attached hydrogens (tertiary/aromatic N) is 2. The molecule has 0 radical (unpaired) electrons. The smallest absolute Gasteiger partial charge is 0.227 e. The van der Waals surface area contributed by atoms with Crippen LogP contribution in [0.25, 0.3) is 0 Å². The third-order valence-electron chi connectivity index (χ3n) is 3.00. The summed E-state index contributed by atoms with van der Waals surface area (Å²) < 4.78 is 0. The van der Waals surface area contributed by atoms with Crippen molar-refractivity contribution >= 4 is 29.3 Å². The molecule has 0 unspecified atom stereocenters. The summed E-state index contributed by atoms with van der Waals surface area (Å²) >= 11 is 1.49. The number of anilines is 2. The summed E-state index contributed by atoms with van der Waals surface area (Å²) in [6.07, 6.45) is 2.97. The van der Waals surface area contributed by atoms with Crippen molar-refractivity contribution in [2.24, 2.45) is 5.41 Å². The van der Waals surface area contributed by atoms with Crippen LogP contribution in [0.4, 0.5) is 11.6 Å². The summed E-state index contributed by atoms with van der Waals surface area (Å²) in [4.78, 5) is 20.6. The lowest BCUT2D eigenvalue weighted by Crippen LogP contribution is -2.39. The van der Waals surface area contributed by atoms with Crippen LogP contribution in [0.2, 0.25) is 0 Å². The van der Waals surface area contributed by atoms with Gasteiger partial charge in [0.25, 0.3) is 0 Å². The summed E-state index contributed by atoms with van der Waals surface area (Å²) in [5, 5.41) is 9.86. The summed E-state index contributed by atoms with van der Waals surface area (Å²) in [5.74, 6) is 1.53. The molecule has 0 aliphatic carbocycles. The molecule has 0 bridgehead atoms. The van der Waals surface area contributed by atoms with Crippen molar-refractivity contribution in [3.8, 4) is 0 Å². The first-order valence-electron chi connectivity index (χ1n) is 7.06. The molecule has 118 valence electrons. The number of aromatic nitrogens is 2. The lowest BCUT2D eigenvalue weighted by atomic mass is 9.92. The average molecular weight is 311 g/mol. The third-order valence-corrected chi connectivity index (χ3v) is 3.55. The van der Waals surface area contributed by atoms with Crippen molar-refractivity contribution in [3.05, 3.63) is 6.07 Å². The first kappa shape index (κ1) is 17.6. The minimum Gasteiger partial charge on any atom is -0.370 e. The predicted octanol–water partition coefficient (Wildman–Crippen LogP) is 2.20. The maximum absolute atomic E-state index is 11.8. The highest BCUT2D eigenvalue weighted by Crippen LogP contribution is 2.20. The fourth-order valence-corrected chi connectivity index (χ4v) is 2.06. The summed E-state index contributed by atoms with van der Waals surface area (Å²) in [6.45, 7) is 7.27. The number of nitrogens with one attached hydrogen (secondary N) is 3. The first-order chi connectivity index (χ1) is 9.92. The van der Waals surface area contributed by atoms with E-state index >= 15 is 0 Å². The van der Waals surface area contributed by atoms with E-state index < -0.39 is 5.41 Å². The van der Waals surface area contributed by atoms with Gasteiger partial charge in [-0.25, -0.2) is 9.97 Å². The lowest BCUT2D eigenvalue weighted by molar-refractivity contribution is -0.128. The molecule has 7 heteroatoms. The Morgan fingerprint density at radius 2 is 1.90 bits per heavy atom. The van der Waals surface area contributed by atoms with E-state index in [9.17, 15) is 4.79 Å². The van der Waals surface area contributed by atoms with Crippen molar-refractivity contribution in [2.75, 3.05) is 37.0 Å². The van der Waals surface area contributed by atoms with Gasteiger partial charge in [0.05, 0.1) is 5.41 Å². The van der Waals surface area contributed by atoms with Gasteiger partial charge in [-0.15, -0.1) is 0 Å². The van der Waals surface area contributed by atoms with Crippen LogP contribution >= 0.6 is 11.8 Å². The van der Waals surface area contributed by atoms with Crippen LogP contribution in [-0.2, 0) is 4.79 Å². The Hall–Kier alpha value is -1.50. The molecule has 1 aromatic heterocycles. The predicted molar refractivity (Wildman–Crippen MR) is 88.9 cm³/mol. The standard InChI is InChI=1S/C14H25N5OS/c1-6-7-16-10-8-11(19-13(18-10)21-5)17-9-14(2,3)12(20)15-4/h8H,6-7,9H2,1-5H3,(H,15,20)(H2,16,17,18,19). The second-order valence-electron chi connectivity index (χ2n) is 5.37. The Labute approximate surface area is 130 Å². The molecule has 21 heavy (non-hydrogen) atoms. The molecule has 0 spiro atoms. The molecule has 0 atom stereocenters. The van der Waals surface area contributed by atoms with Gasteiger partial charge in [-0.2, -0.15) is 0 Å². The van der Waals surface area contributed by atoms with Gasteiger partial charge in [0.2, 0.25) is 5.91 Å². The Kier molecular flexibility index (Phi) is 6.74. The molecule has 1 rings (SSSR count). The Morgan fingerprint density at radius 3 is 2.43 bits per heavy atom. The second kappa shape index (κ2) is 8.07. The van der Waals surface area contributed by atoms with Crippen LogP contribution in [0, 0.1) is 5.41 Å². The second-order valence-corrected chi connectivity index (χ2v) is 6.14. The van der Waals surface area contributed by atoms with Crippen LogP contribution in [0.15, 0.2) is 11.2 Å². The third kappa shape index (κ3) is 5.41. The highest BCUT2D eigenvalue weighted by molar-refractivity contribution is 7.98. The SMILES string of the molecule is CCCNc1cc(NCC(C)(C)C(=O)NC)nc(SC)n1. The van der Waals surface area contributed by atoms with Gasteiger partial charge in [-0.3, -0.25) is 4.79 Å². The number of amides is 1. The van der Waals surface area contributed by atoms with Crippen LogP contribution < -0.4 is 16.0 Å². The van der Waals surface area contributed by atoms with E-state index in [2.05, 4.69) is 32.8 Å². The number of rotatable bonds is 8. The number of thioether (sulfide) groups is 1. The van der Waals surface area contributed by atoms with Crippen molar-refractivity contribution in [2.45, 2.75) is 32.3 Å². The van der Waals surface area contributed by atoms with Gasteiger partial charge in [-0.05, 0) is 26.5 Å². The van der Waals surface area contributed by atoms with Gasteiger partial charge in [0, 0.05) is 26.2 Å². The molecule has 3 N–H and O–H groups in total. The number of carbonyl (C=O) groups excluding carboxylic acids is 1. The number of hydrogen-bond donors (Lipinski definition) is 3. The molecular formula is C14H25N5OS. The summed E-state index contributed by atoms with van der Waals surface area (Å²) in [7, 11) is 1.65. The summed E-state index contributed by atoms with van der Waals surface area (Å²) in [5.41, 5.74) is -0.504. The summed E-state index contributed by atoms with van der Waals surface area (Å²) in [6, 6.07) is 1.87. The van der Waals surface area contributed by atoms with Gasteiger partial charge >= 0.3 is 0 Å². The van der Waals surface area contributed by atoms with E-state index in [0.29, 0.717) is 11.7 Å². The molecule has 0 fully saturated rings. The molecule has 0 saturated carbocycles. The molecular weight excluding hydrogens is 286 g/mol. The molecule has 0 saturated heterocycles. The molecule has 1 aromatic rings. The van der Waals surface area contributed by atoms with Crippen LogP contribution in [-0.4, -0.2) is 42.3 Å². The average Bonchev–Trinajstić information content (AvgIpc) is 2.49. The van der Waals surface area contributed by atoms with Crippen molar-refractivity contribution in [1.82, 2.24) is 15.3 Å².